The molecule has 11 heavy (non-hydrogen) atoms. The predicted octanol–water partition coefficient (Wildman–Crippen LogP) is -0.980. The van der Waals surface area contributed by atoms with E-state index in [0.717, 1.165) is 0 Å². The molecule has 0 saturated carbocycles. The van der Waals surface area contributed by atoms with Crippen LogP contribution >= 0.6 is 0 Å². The largest absolute Gasteiger partial charge is 0.378 e. The Morgan fingerprint density at radius 2 is 2.18 bits per heavy atom. The molecule has 0 rings (SSSR count). The first-order valence-electron chi connectivity index (χ1n) is 3.23. The summed E-state index contributed by atoms with van der Waals surface area (Å²) in [6, 6.07) is 0. The summed E-state index contributed by atoms with van der Waals surface area (Å²) in [7, 11) is -3.74. The van der Waals surface area contributed by atoms with E-state index in [1.807, 2.05) is 0 Å². The first-order valence-corrected chi connectivity index (χ1v) is 4.81. The molecule has 68 valence electrons. The molecule has 5 nitrogen and oxygen atoms in total. The molecule has 6 heteroatoms. The van der Waals surface area contributed by atoms with Gasteiger partial charge in [-0.05, 0) is 19.9 Å². The van der Waals surface area contributed by atoms with Gasteiger partial charge in [0.2, 0.25) is 0 Å². The van der Waals surface area contributed by atoms with E-state index in [0.29, 0.717) is 13.0 Å². The Morgan fingerprint density at radius 3 is 2.55 bits per heavy atom. The van der Waals surface area contributed by atoms with E-state index in [4.69, 9.17) is 10.8 Å². The molecule has 0 aromatic heterocycles. The summed E-state index contributed by atoms with van der Waals surface area (Å²) >= 11 is 0. The first kappa shape index (κ1) is 10.8. The Labute approximate surface area is 66.3 Å². The Bertz CT molecular complexity index is 189. The second kappa shape index (κ2) is 4.66. The van der Waals surface area contributed by atoms with Crippen molar-refractivity contribution in [3.8, 4) is 0 Å². The van der Waals surface area contributed by atoms with Crippen LogP contribution in [-0.2, 0) is 14.3 Å². The summed E-state index contributed by atoms with van der Waals surface area (Å²) in [5, 5.41) is 8.27. The number of nitrogens with two attached hydrogens (primary N) is 1. The van der Waals surface area contributed by atoms with Gasteiger partial charge in [-0.1, -0.05) is 0 Å². The van der Waals surface area contributed by atoms with E-state index < -0.39 is 22.2 Å². The standard InChI is InChI=1S/C5H13NO4S/c1-5(2-3-6)10-11(8,9)4-7/h5,7H,2-4,6H2,1H3. The van der Waals surface area contributed by atoms with Gasteiger partial charge in [-0.3, -0.25) is 4.18 Å². The molecule has 0 spiro atoms. The summed E-state index contributed by atoms with van der Waals surface area (Å²) in [5.74, 6) is -0.984. The van der Waals surface area contributed by atoms with Gasteiger partial charge in [0.1, 0.15) is 0 Å². The van der Waals surface area contributed by atoms with Crippen molar-refractivity contribution < 1.29 is 17.7 Å². The lowest BCUT2D eigenvalue weighted by atomic mass is 10.3. The third kappa shape index (κ3) is 5.14. The van der Waals surface area contributed by atoms with Gasteiger partial charge in [0, 0.05) is 0 Å². The quantitative estimate of drug-likeness (QED) is 0.535. The number of hydrogen-bond donors (Lipinski definition) is 2. The fourth-order valence-electron chi connectivity index (χ4n) is 0.564. The van der Waals surface area contributed by atoms with E-state index in [1.54, 1.807) is 6.92 Å². The van der Waals surface area contributed by atoms with Crippen LogP contribution in [0.1, 0.15) is 13.3 Å². The van der Waals surface area contributed by atoms with Crippen LogP contribution in [-0.4, -0.2) is 32.1 Å². The molecule has 1 atom stereocenters. The smallest absolute Gasteiger partial charge is 0.291 e. The van der Waals surface area contributed by atoms with Crippen molar-refractivity contribution >= 4 is 10.1 Å². The van der Waals surface area contributed by atoms with Crippen LogP contribution in [0.15, 0.2) is 0 Å². The van der Waals surface area contributed by atoms with Crippen LogP contribution in [0.5, 0.6) is 0 Å². The van der Waals surface area contributed by atoms with Gasteiger partial charge in [0.15, 0.2) is 5.94 Å². The molecule has 0 bridgehead atoms. The second-order valence-corrected chi connectivity index (χ2v) is 3.74. The number of hydrogen-bond acceptors (Lipinski definition) is 5. The summed E-state index contributed by atoms with van der Waals surface area (Å²) in [5.41, 5.74) is 5.15. The molecule has 0 radical (unpaired) electrons. The van der Waals surface area contributed by atoms with Gasteiger partial charge < -0.3 is 10.8 Å². The average Bonchev–Trinajstić information content (AvgIpc) is 1.87. The van der Waals surface area contributed by atoms with Crippen LogP contribution < -0.4 is 5.73 Å². The fourth-order valence-corrected chi connectivity index (χ4v) is 1.22. The first-order chi connectivity index (χ1) is 5.02. The van der Waals surface area contributed by atoms with Crippen molar-refractivity contribution in [1.82, 2.24) is 0 Å². The highest BCUT2D eigenvalue weighted by atomic mass is 32.2. The van der Waals surface area contributed by atoms with Gasteiger partial charge >= 0.3 is 0 Å². The Balaban J connectivity index is 3.84. The second-order valence-electron chi connectivity index (χ2n) is 2.17. The van der Waals surface area contributed by atoms with E-state index in [2.05, 4.69) is 4.18 Å². The molecule has 0 aliphatic rings. The third-order valence-electron chi connectivity index (χ3n) is 1.04. The average molecular weight is 183 g/mol. The zero-order valence-electron chi connectivity index (χ0n) is 6.36. The van der Waals surface area contributed by atoms with E-state index >= 15 is 0 Å². The molecule has 0 heterocycles. The van der Waals surface area contributed by atoms with Gasteiger partial charge in [-0.2, -0.15) is 8.42 Å². The highest BCUT2D eigenvalue weighted by Gasteiger charge is 2.13. The van der Waals surface area contributed by atoms with Crippen LogP contribution in [0.25, 0.3) is 0 Å². The predicted molar refractivity (Wildman–Crippen MR) is 40.2 cm³/mol. The third-order valence-corrected chi connectivity index (χ3v) is 1.98. The van der Waals surface area contributed by atoms with Crippen LogP contribution in [0, 0.1) is 0 Å². The van der Waals surface area contributed by atoms with Gasteiger partial charge in [-0.15, -0.1) is 0 Å². The maximum Gasteiger partial charge on any atom is 0.291 e. The monoisotopic (exact) mass is 183 g/mol. The fraction of sp³-hybridized carbons (Fsp3) is 1.00. The zero-order chi connectivity index (χ0) is 8.91. The summed E-state index contributed by atoms with van der Waals surface area (Å²) in [6.45, 7) is 1.95. The molecule has 0 aromatic carbocycles. The number of aliphatic hydroxyl groups is 1. The highest BCUT2D eigenvalue weighted by Crippen LogP contribution is 2.01. The summed E-state index contributed by atoms with van der Waals surface area (Å²) in [6.07, 6.45) is -0.00340. The van der Waals surface area contributed by atoms with Crippen molar-refractivity contribution in [2.45, 2.75) is 19.4 Å². The molecular formula is C5H13NO4S. The summed E-state index contributed by atoms with van der Waals surface area (Å²) < 4.78 is 25.6. The lowest BCUT2D eigenvalue weighted by molar-refractivity contribution is 0.206. The minimum Gasteiger partial charge on any atom is -0.378 e. The SMILES string of the molecule is CC(CCN)OS(=O)(=O)CO. The lowest BCUT2D eigenvalue weighted by Crippen LogP contribution is -2.20. The topological polar surface area (TPSA) is 89.6 Å². The molecule has 1 unspecified atom stereocenters. The van der Waals surface area contributed by atoms with Crippen LogP contribution in [0.2, 0.25) is 0 Å². The minimum absolute atomic E-state index is 0.363. The number of aliphatic hydroxyl groups excluding tert-OH is 1. The lowest BCUT2D eigenvalue weighted by Gasteiger charge is -2.09. The van der Waals surface area contributed by atoms with Crippen molar-refractivity contribution in [3.63, 3.8) is 0 Å². The minimum atomic E-state index is -3.74. The van der Waals surface area contributed by atoms with Crippen molar-refractivity contribution in [2.75, 3.05) is 12.5 Å². The van der Waals surface area contributed by atoms with E-state index in [9.17, 15) is 8.42 Å². The summed E-state index contributed by atoms with van der Waals surface area (Å²) in [4.78, 5) is 0. The van der Waals surface area contributed by atoms with Crippen molar-refractivity contribution in [2.24, 2.45) is 5.73 Å². The van der Waals surface area contributed by atoms with Gasteiger partial charge in [-0.25, -0.2) is 0 Å². The molecule has 0 aromatic rings. The molecule has 0 aliphatic carbocycles. The highest BCUT2D eigenvalue weighted by molar-refractivity contribution is 7.86. The maximum absolute atomic E-state index is 10.6. The molecule has 0 saturated heterocycles. The molecular weight excluding hydrogens is 170 g/mol. The Morgan fingerprint density at radius 1 is 1.64 bits per heavy atom. The van der Waals surface area contributed by atoms with E-state index in [-0.39, 0.29) is 0 Å². The molecule has 0 aliphatic heterocycles. The van der Waals surface area contributed by atoms with Crippen molar-refractivity contribution in [3.05, 3.63) is 0 Å². The van der Waals surface area contributed by atoms with Crippen LogP contribution in [0.4, 0.5) is 0 Å². The zero-order valence-corrected chi connectivity index (χ0v) is 7.17. The van der Waals surface area contributed by atoms with Gasteiger partial charge in [0.25, 0.3) is 10.1 Å². The van der Waals surface area contributed by atoms with Gasteiger partial charge in [0.05, 0.1) is 6.10 Å². The van der Waals surface area contributed by atoms with E-state index in [1.165, 1.54) is 0 Å². The molecule has 0 fully saturated rings. The van der Waals surface area contributed by atoms with Crippen molar-refractivity contribution in [1.29, 1.82) is 0 Å². The van der Waals surface area contributed by atoms with Crippen LogP contribution in [0.3, 0.4) is 0 Å². The Kier molecular flexibility index (Phi) is 4.58. The number of rotatable bonds is 5. The normalized spacial score (nSPS) is 14.8. The Hall–Kier alpha value is -0.170. The molecule has 0 amide bonds. The molecule has 3 N–H and O–H groups in total. The maximum atomic E-state index is 10.6.